The third kappa shape index (κ3) is 4.51. The highest BCUT2D eigenvalue weighted by atomic mass is 35.5. The Kier molecular flexibility index (Phi) is 6.14. The lowest BCUT2D eigenvalue weighted by Gasteiger charge is -2.35. The first kappa shape index (κ1) is 18.3. The maximum atomic E-state index is 12.2. The van der Waals surface area contributed by atoms with Crippen LogP contribution in [0.1, 0.15) is 24.2 Å². The van der Waals surface area contributed by atoms with Gasteiger partial charge >= 0.3 is 5.97 Å². The number of hydrogen-bond donors (Lipinski definition) is 0. The predicted octanol–water partition coefficient (Wildman–Crippen LogP) is 3.44. The van der Waals surface area contributed by atoms with Gasteiger partial charge in [-0.2, -0.15) is 0 Å². The Balaban J connectivity index is 1.99. The molecule has 0 spiro atoms. The summed E-state index contributed by atoms with van der Waals surface area (Å²) < 4.78 is 10.6. The third-order valence-electron chi connectivity index (χ3n) is 3.35. The lowest BCUT2D eigenvalue weighted by atomic mass is 10.2. The first-order valence-corrected chi connectivity index (χ1v) is 8.16. The number of carbonyl (C=O) groups is 2. The van der Waals surface area contributed by atoms with E-state index in [2.05, 4.69) is 0 Å². The van der Waals surface area contributed by atoms with Crippen molar-refractivity contribution >= 4 is 46.7 Å². The van der Waals surface area contributed by atoms with Crippen LogP contribution in [0.4, 0.5) is 0 Å². The average Bonchev–Trinajstić information content (AvgIpc) is 2.48. The first-order chi connectivity index (χ1) is 10.8. The minimum absolute atomic E-state index is 0.00484. The van der Waals surface area contributed by atoms with Crippen molar-refractivity contribution in [2.45, 2.75) is 26.1 Å². The average molecular weight is 381 g/mol. The molecule has 23 heavy (non-hydrogen) atoms. The summed E-state index contributed by atoms with van der Waals surface area (Å²) in [6.45, 7) is 4.29. The van der Waals surface area contributed by atoms with E-state index in [1.54, 1.807) is 4.90 Å². The van der Waals surface area contributed by atoms with Crippen molar-refractivity contribution in [1.82, 2.24) is 4.90 Å². The SMILES string of the molecule is C[C@@H]1CN(C(=O)COC(=O)c2c(Cl)ccc(Cl)c2Cl)C[C@@H](C)O1. The Hall–Kier alpha value is -1.01. The Morgan fingerprint density at radius 1 is 1.17 bits per heavy atom. The van der Waals surface area contributed by atoms with Crippen LogP contribution in [0.3, 0.4) is 0 Å². The lowest BCUT2D eigenvalue weighted by molar-refractivity contribution is -0.146. The first-order valence-electron chi connectivity index (χ1n) is 7.03. The molecule has 2 rings (SSSR count). The van der Waals surface area contributed by atoms with Gasteiger partial charge in [-0.3, -0.25) is 4.79 Å². The fourth-order valence-electron chi connectivity index (χ4n) is 2.39. The van der Waals surface area contributed by atoms with Gasteiger partial charge in [0.2, 0.25) is 0 Å². The number of ether oxygens (including phenoxy) is 2. The van der Waals surface area contributed by atoms with Gasteiger partial charge in [0, 0.05) is 13.1 Å². The predicted molar refractivity (Wildman–Crippen MR) is 88.3 cm³/mol. The molecule has 0 aromatic heterocycles. The van der Waals surface area contributed by atoms with E-state index in [1.165, 1.54) is 12.1 Å². The van der Waals surface area contributed by atoms with Gasteiger partial charge in [-0.05, 0) is 26.0 Å². The molecule has 0 radical (unpaired) electrons. The van der Waals surface area contributed by atoms with Crippen molar-refractivity contribution in [3.05, 3.63) is 32.8 Å². The lowest BCUT2D eigenvalue weighted by Crippen LogP contribution is -2.49. The molecule has 0 aliphatic carbocycles. The Morgan fingerprint density at radius 3 is 2.35 bits per heavy atom. The van der Waals surface area contributed by atoms with E-state index in [0.29, 0.717) is 13.1 Å². The van der Waals surface area contributed by atoms with E-state index in [4.69, 9.17) is 44.3 Å². The van der Waals surface area contributed by atoms with Crippen LogP contribution in [0, 0.1) is 0 Å². The second-order valence-corrected chi connectivity index (χ2v) is 6.54. The highest BCUT2D eigenvalue weighted by molar-refractivity contribution is 6.46. The van der Waals surface area contributed by atoms with E-state index in [9.17, 15) is 9.59 Å². The molecule has 0 unspecified atom stereocenters. The summed E-state index contributed by atoms with van der Waals surface area (Å²) in [5.74, 6) is -1.08. The summed E-state index contributed by atoms with van der Waals surface area (Å²) in [6, 6.07) is 2.92. The summed E-state index contributed by atoms with van der Waals surface area (Å²) in [5.41, 5.74) is -0.0441. The van der Waals surface area contributed by atoms with Crippen molar-refractivity contribution in [2.75, 3.05) is 19.7 Å². The molecule has 1 amide bonds. The highest BCUT2D eigenvalue weighted by Gasteiger charge is 2.27. The van der Waals surface area contributed by atoms with Crippen LogP contribution in [-0.2, 0) is 14.3 Å². The van der Waals surface area contributed by atoms with E-state index in [-0.39, 0.29) is 38.7 Å². The van der Waals surface area contributed by atoms with Crippen molar-refractivity contribution in [3.63, 3.8) is 0 Å². The zero-order valence-corrected chi connectivity index (χ0v) is 14.9. The number of amides is 1. The molecule has 2 atom stereocenters. The quantitative estimate of drug-likeness (QED) is 0.595. The summed E-state index contributed by atoms with van der Waals surface area (Å²) >= 11 is 17.8. The summed E-state index contributed by atoms with van der Waals surface area (Å²) in [5, 5.41) is 0.306. The number of nitrogens with zero attached hydrogens (tertiary/aromatic N) is 1. The zero-order valence-electron chi connectivity index (χ0n) is 12.6. The molecule has 1 aliphatic heterocycles. The van der Waals surface area contributed by atoms with Crippen molar-refractivity contribution < 1.29 is 19.1 Å². The number of hydrogen-bond acceptors (Lipinski definition) is 4. The highest BCUT2D eigenvalue weighted by Crippen LogP contribution is 2.31. The Bertz CT molecular complexity index is 613. The molecule has 1 aromatic carbocycles. The van der Waals surface area contributed by atoms with Crippen LogP contribution in [-0.4, -0.2) is 48.7 Å². The van der Waals surface area contributed by atoms with Gasteiger partial charge in [-0.15, -0.1) is 0 Å². The third-order valence-corrected chi connectivity index (χ3v) is 4.47. The molecule has 1 aliphatic rings. The molecule has 1 saturated heterocycles. The second-order valence-electron chi connectivity index (χ2n) is 5.35. The second kappa shape index (κ2) is 7.71. The molecular formula is C15H16Cl3NO4. The molecular weight excluding hydrogens is 365 g/mol. The van der Waals surface area contributed by atoms with Crippen molar-refractivity contribution in [1.29, 1.82) is 0 Å². The van der Waals surface area contributed by atoms with Gasteiger partial charge in [-0.1, -0.05) is 34.8 Å². The number of rotatable bonds is 3. The van der Waals surface area contributed by atoms with Crippen molar-refractivity contribution in [2.24, 2.45) is 0 Å². The summed E-state index contributed by atoms with van der Waals surface area (Å²) in [7, 11) is 0. The number of esters is 1. The van der Waals surface area contributed by atoms with Gasteiger partial charge in [0.15, 0.2) is 6.61 Å². The monoisotopic (exact) mass is 379 g/mol. The van der Waals surface area contributed by atoms with Gasteiger partial charge in [0.25, 0.3) is 5.91 Å². The topological polar surface area (TPSA) is 55.8 Å². The minimum Gasteiger partial charge on any atom is -0.452 e. The number of carbonyl (C=O) groups excluding carboxylic acids is 2. The molecule has 0 bridgehead atoms. The number of halogens is 3. The molecule has 1 fully saturated rings. The minimum atomic E-state index is -0.787. The molecule has 8 heteroatoms. The number of morpholine rings is 1. The van der Waals surface area contributed by atoms with Crippen LogP contribution in [0.25, 0.3) is 0 Å². The molecule has 1 aromatic rings. The van der Waals surface area contributed by atoms with Crippen LogP contribution in [0.15, 0.2) is 12.1 Å². The van der Waals surface area contributed by atoms with E-state index >= 15 is 0 Å². The maximum absolute atomic E-state index is 12.2. The summed E-state index contributed by atoms with van der Waals surface area (Å²) in [6.07, 6.45) is -0.120. The fraction of sp³-hybridized carbons (Fsp3) is 0.467. The van der Waals surface area contributed by atoms with Crippen LogP contribution in [0.5, 0.6) is 0 Å². The smallest absolute Gasteiger partial charge is 0.341 e. The zero-order chi connectivity index (χ0) is 17.1. The fourth-order valence-corrected chi connectivity index (χ4v) is 3.07. The van der Waals surface area contributed by atoms with Crippen LogP contribution < -0.4 is 0 Å². The standard InChI is InChI=1S/C15H16Cl3NO4/c1-8-5-19(6-9(2)23-8)12(20)7-22-15(21)13-10(16)3-4-11(17)14(13)18/h3-4,8-9H,5-7H2,1-2H3/t8-,9-/m1/s1. The Morgan fingerprint density at radius 2 is 1.74 bits per heavy atom. The molecule has 0 saturated carbocycles. The van der Waals surface area contributed by atoms with Gasteiger partial charge in [-0.25, -0.2) is 4.79 Å². The van der Waals surface area contributed by atoms with E-state index in [0.717, 1.165) is 0 Å². The molecule has 126 valence electrons. The molecule has 5 nitrogen and oxygen atoms in total. The maximum Gasteiger partial charge on any atom is 0.341 e. The van der Waals surface area contributed by atoms with E-state index < -0.39 is 12.6 Å². The summed E-state index contributed by atoms with van der Waals surface area (Å²) in [4.78, 5) is 25.9. The molecule has 0 N–H and O–H groups in total. The van der Waals surface area contributed by atoms with Crippen LogP contribution in [0.2, 0.25) is 15.1 Å². The van der Waals surface area contributed by atoms with Gasteiger partial charge in [0.05, 0.1) is 32.8 Å². The van der Waals surface area contributed by atoms with Gasteiger partial charge in [0.1, 0.15) is 0 Å². The normalized spacial score (nSPS) is 21.2. The van der Waals surface area contributed by atoms with E-state index in [1.807, 2.05) is 13.8 Å². The number of benzene rings is 1. The molecule has 1 heterocycles. The van der Waals surface area contributed by atoms with Crippen LogP contribution >= 0.6 is 34.8 Å². The largest absolute Gasteiger partial charge is 0.452 e. The van der Waals surface area contributed by atoms with Gasteiger partial charge < -0.3 is 14.4 Å². The Labute approximate surface area is 149 Å². The van der Waals surface area contributed by atoms with Crippen molar-refractivity contribution in [3.8, 4) is 0 Å².